The smallest absolute Gasteiger partial charge is 0.303 e. The largest absolute Gasteiger partial charge is 0.481 e. The summed E-state index contributed by atoms with van der Waals surface area (Å²) in [5.74, 6) is -0.720. The van der Waals surface area contributed by atoms with Crippen LogP contribution in [0.25, 0.3) is 0 Å². The average molecular weight is 291 g/mol. The zero-order valence-electron chi connectivity index (χ0n) is 12.5. The van der Waals surface area contributed by atoms with Crippen LogP contribution in [0.2, 0.25) is 0 Å². The second-order valence-corrected chi connectivity index (χ2v) is 5.60. The fourth-order valence-corrected chi connectivity index (χ4v) is 2.81. The molecule has 1 aromatic rings. The van der Waals surface area contributed by atoms with Crippen molar-refractivity contribution in [2.75, 3.05) is 24.6 Å². The van der Waals surface area contributed by atoms with Gasteiger partial charge in [0.15, 0.2) is 0 Å². The topological polar surface area (TPSA) is 49.8 Å². The van der Waals surface area contributed by atoms with Crippen molar-refractivity contribution >= 4 is 11.7 Å². The second-order valence-electron chi connectivity index (χ2n) is 5.60. The highest BCUT2D eigenvalue weighted by molar-refractivity contribution is 5.66. The molecule has 116 valence electrons. The van der Waals surface area contributed by atoms with Gasteiger partial charge in [-0.3, -0.25) is 4.79 Å². The van der Waals surface area contributed by atoms with E-state index in [1.54, 1.807) is 0 Å². The lowest BCUT2D eigenvalue weighted by Crippen LogP contribution is -2.26. The summed E-state index contributed by atoms with van der Waals surface area (Å²) in [6.45, 7) is 2.66. The van der Waals surface area contributed by atoms with Crippen molar-refractivity contribution in [1.82, 2.24) is 0 Å². The van der Waals surface area contributed by atoms with Gasteiger partial charge in [0.2, 0.25) is 0 Å². The molecule has 0 aliphatic carbocycles. The van der Waals surface area contributed by atoms with E-state index >= 15 is 0 Å². The van der Waals surface area contributed by atoms with Gasteiger partial charge in [0.25, 0.3) is 0 Å². The lowest BCUT2D eigenvalue weighted by atomic mass is 10.1. The number of aliphatic carboxylic acids is 1. The summed E-state index contributed by atoms with van der Waals surface area (Å²) >= 11 is 0. The van der Waals surface area contributed by atoms with Gasteiger partial charge >= 0.3 is 5.97 Å². The summed E-state index contributed by atoms with van der Waals surface area (Å²) in [5.41, 5.74) is 1.18. The van der Waals surface area contributed by atoms with E-state index in [1.165, 1.54) is 18.5 Å². The van der Waals surface area contributed by atoms with Gasteiger partial charge < -0.3 is 14.7 Å². The molecule has 21 heavy (non-hydrogen) atoms. The van der Waals surface area contributed by atoms with Crippen LogP contribution in [-0.4, -0.2) is 36.9 Å². The Labute approximate surface area is 126 Å². The molecule has 1 unspecified atom stereocenters. The minimum atomic E-state index is -0.720. The zero-order valence-corrected chi connectivity index (χ0v) is 12.5. The summed E-state index contributed by atoms with van der Waals surface area (Å²) in [4.78, 5) is 13.0. The molecule has 1 aromatic carbocycles. The van der Waals surface area contributed by atoms with Gasteiger partial charge in [-0.2, -0.15) is 0 Å². The van der Waals surface area contributed by atoms with Crippen LogP contribution in [-0.2, 0) is 9.53 Å². The molecule has 0 radical (unpaired) electrons. The van der Waals surface area contributed by atoms with Crippen LogP contribution in [0, 0.1) is 0 Å². The molecule has 0 aromatic heterocycles. The maximum absolute atomic E-state index is 10.7. The quantitative estimate of drug-likeness (QED) is 0.758. The Kier molecular flexibility index (Phi) is 6.54. The van der Waals surface area contributed by atoms with Crippen molar-refractivity contribution in [2.45, 2.75) is 44.6 Å². The van der Waals surface area contributed by atoms with Gasteiger partial charge in [0.1, 0.15) is 0 Å². The van der Waals surface area contributed by atoms with Crippen LogP contribution in [0.4, 0.5) is 5.69 Å². The molecule has 1 fully saturated rings. The van der Waals surface area contributed by atoms with Crippen molar-refractivity contribution in [3.63, 3.8) is 0 Å². The predicted molar refractivity (Wildman–Crippen MR) is 83.7 cm³/mol. The van der Waals surface area contributed by atoms with Gasteiger partial charge in [-0.05, 0) is 44.2 Å². The molecule has 1 aliphatic rings. The maximum Gasteiger partial charge on any atom is 0.303 e. The highest BCUT2D eigenvalue weighted by Gasteiger charge is 2.15. The minimum absolute atomic E-state index is 0.231. The molecule has 0 bridgehead atoms. The Morgan fingerprint density at radius 2 is 2.00 bits per heavy atom. The third-order valence-electron chi connectivity index (χ3n) is 3.92. The summed E-state index contributed by atoms with van der Waals surface area (Å²) in [6.07, 6.45) is 5.91. The van der Waals surface area contributed by atoms with Crippen LogP contribution in [0.3, 0.4) is 0 Å². The van der Waals surface area contributed by atoms with E-state index in [4.69, 9.17) is 9.84 Å². The first-order chi connectivity index (χ1) is 10.3. The van der Waals surface area contributed by atoms with Gasteiger partial charge in [-0.15, -0.1) is 0 Å². The van der Waals surface area contributed by atoms with Gasteiger partial charge in [0, 0.05) is 31.8 Å². The Balaban J connectivity index is 1.80. The Morgan fingerprint density at radius 3 is 2.67 bits per heavy atom. The highest BCUT2D eigenvalue weighted by atomic mass is 16.5. The third kappa shape index (κ3) is 5.76. The third-order valence-corrected chi connectivity index (χ3v) is 3.92. The number of ether oxygens (including phenoxy) is 1. The van der Waals surface area contributed by atoms with Crippen molar-refractivity contribution in [3.05, 3.63) is 30.3 Å². The van der Waals surface area contributed by atoms with Gasteiger partial charge in [0.05, 0.1) is 6.10 Å². The van der Waals surface area contributed by atoms with Crippen LogP contribution >= 0.6 is 0 Å². The number of nitrogens with zero attached hydrogens (tertiary/aromatic N) is 1. The Hall–Kier alpha value is -1.55. The first-order valence-corrected chi connectivity index (χ1v) is 7.89. The second kappa shape index (κ2) is 8.67. The molecule has 0 spiro atoms. The summed E-state index contributed by atoms with van der Waals surface area (Å²) < 4.78 is 5.66. The summed E-state index contributed by atoms with van der Waals surface area (Å²) in [5, 5.41) is 8.78. The molecular formula is C17H25NO3. The Bertz CT molecular complexity index is 415. The normalized spacial score (nSPS) is 17.8. The number of carbonyl (C=O) groups is 1. The average Bonchev–Trinajstić information content (AvgIpc) is 2.99. The van der Waals surface area contributed by atoms with E-state index in [-0.39, 0.29) is 6.42 Å². The summed E-state index contributed by atoms with van der Waals surface area (Å²) in [6, 6.07) is 10.2. The number of anilines is 1. The van der Waals surface area contributed by atoms with E-state index in [1.807, 2.05) is 18.2 Å². The lowest BCUT2D eigenvalue weighted by molar-refractivity contribution is -0.137. The van der Waals surface area contributed by atoms with Crippen molar-refractivity contribution in [3.8, 4) is 0 Å². The number of benzene rings is 1. The molecular weight excluding hydrogens is 266 g/mol. The highest BCUT2D eigenvalue weighted by Crippen LogP contribution is 2.19. The number of carboxylic acid groups (broad SMARTS) is 1. The molecule has 1 N–H and O–H groups in total. The van der Waals surface area contributed by atoms with Crippen LogP contribution in [0.5, 0.6) is 0 Å². The van der Waals surface area contributed by atoms with Crippen molar-refractivity contribution in [1.29, 1.82) is 0 Å². The molecule has 0 saturated carbocycles. The van der Waals surface area contributed by atoms with Gasteiger partial charge in [-0.1, -0.05) is 18.2 Å². The molecule has 4 heteroatoms. The first kappa shape index (κ1) is 15.8. The molecule has 0 amide bonds. The first-order valence-electron chi connectivity index (χ1n) is 7.89. The molecule has 4 nitrogen and oxygen atoms in total. The van der Waals surface area contributed by atoms with Gasteiger partial charge in [-0.25, -0.2) is 0 Å². The van der Waals surface area contributed by atoms with Crippen molar-refractivity contribution < 1.29 is 14.6 Å². The molecule has 1 heterocycles. The van der Waals surface area contributed by atoms with E-state index in [0.29, 0.717) is 12.5 Å². The fraction of sp³-hybridized carbons (Fsp3) is 0.588. The molecule has 1 atom stereocenters. The lowest BCUT2D eigenvalue weighted by Gasteiger charge is -2.25. The van der Waals surface area contributed by atoms with Crippen molar-refractivity contribution in [2.24, 2.45) is 0 Å². The number of hydrogen-bond donors (Lipinski definition) is 1. The molecule has 2 rings (SSSR count). The summed E-state index contributed by atoms with van der Waals surface area (Å²) in [7, 11) is 0. The SMILES string of the molecule is O=C(O)CCCN(CCCC1CCCO1)c1ccccc1. The van der Waals surface area contributed by atoms with E-state index in [0.717, 1.165) is 32.5 Å². The van der Waals surface area contributed by atoms with Crippen LogP contribution < -0.4 is 4.90 Å². The molecule has 1 saturated heterocycles. The standard InChI is InChI=1S/C17H25NO3/c19-17(20)11-5-13-18(15-7-2-1-3-8-15)12-4-9-16-10-6-14-21-16/h1-3,7-8,16H,4-6,9-14H2,(H,19,20). The van der Waals surface area contributed by atoms with E-state index < -0.39 is 5.97 Å². The Morgan fingerprint density at radius 1 is 1.24 bits per heavy atom. The maximum atomic E-state index is 10.7. The predicted octanol–water partition coefficient (Wildman–Crippen LogP) is 3.32. The molecule has 1 aliphatic heterocycles. The number of carboxylic acids is 1. The number of para-hydroxylation sites is 1. The van der Waals surface area contributed by atoms with E-state index in [9.17, 15) is 4.79 Å². The minimum Gasteiger partial charge on any atom is -0.481 e. The zero-order chi connectivity index (χ0) is 14.9. The fourth-order valence-electron chi connectivity index (χ4n) is 2.81. The van der Waals surface area contributed by atoms with Crippen LogP contribution in [0.1, 0.15) is 38.5 Å². The monoisotopic (exact) mass is 291 g/mol. The van der Waals surface area contributed by atoms with Crippen LogP contribution in [0.15, 0.2) is 30.3 Å². The number of rotatable bonds is 9. The van der Waals surface area contributed by atoms with E-state index in [2.05, 4.69) is 17.0 Å². The number of hydrogen-bond acceptors (Lipinski definition) is 3.